The zero-order chi connectivity index (χ0) is 15.5. The summed E-state index contributed by atoms with van der Waals surface area (Å²) in [4.78, 5) is 26.6. The Labute approximate surface area is 133 Å². The van der Waals surface area contributed by atoms with Crippen molar-refractivity contribution in [2.45, 2.75) is 25.3 Å². The average molecular weight is 315 g/mol. The second-order valence-corrected chi connectivity index (χ2v) is 6.42. The fourth-order valence-electron chi connectivity index (χ4n) is 2.88. The third kappa shape index (κ3) is 3.04. The minimum Gasteiger partial charge on any atom is -0.478 e. The molecule has 1 N–H and O–H groups in total. The first kappa shape index (κ1) is 14.8. The van der Waals surface area contributed by atoms with Gasteiger partial charge in [-0.3, -0.25) is 4.79 Å². The number of amides is 1. The Hall–Kier alpha value is -2.14. The molecule has 1 aliphatic rings. The fourth-order valence-corrected chi connectivity index (χ4v) is 3.76. The summed E-state index contributed by atoms with van der Waals surface area (Å²) >= 11 is 1.69. The second-order valence-electron chi connectivity index (χ2n) is 5.44. The van der Waals surface area contributed by atoms with Gasteiger partial charge in [0.2, 0.25) is 5.91 Å². The summed E-state index contributed by atoms with van der Waals surface area (Å²) in [5.74, 6) is -0.839. The van der Waals surface area contributed by atoms with Gasteiger partial charge in [-0.25, -0.2) is 4.79 Å². The molecule has 5 heteroatoms. The van der Waals surface area contributed by atoms with Gasteiger partial charge in [0.25, 0.3) is 0 Å². The SMILES string of the molecule is O=C(O)c1ccc(CC(=O)N2CCCC2c2cccs2)cc1. The van der Waals surface area contributed by atoms with Crippen molar-refractivity contribution in [3.63, 3.8) is 0 Å². The van der Waals surface area contributed by atoms with Gasteiger partial charge in [-0.15, -0.1) is 11.3 Å². The molecule has 4 nitrogen and oxygen atoms in total. The molecular weight excluding hydrogens is 298 g/mol. The quantitative estimate of drug-likeness (QED) is 0.941. The lowest BCUT2D eigenvalue weighted by Crippen LogP contribution is -2.31. The Balaban J connectivity index is 1.69. The van der Waals surface area contributed by atoms with Gasteiger partial charge in [0, 0.05) is 11.4 Å². The first-order valence-corrected chi connectivity index (χ1v) is 8.18. The van der Waals surface area contributed by atoms with E-state index in [-0.39, 0.29) is 17.5 Å². The van der Waals surface area contributed by atoms with Crippen molar-refractivity contribution < 1.29 is 14.7 Å². The van der Waals surface area contributed by atoms with Gasteiger partial charge < -0.3 is 10.0 Å². The van der Waals surface area contributed by atoms with E-state index in [4.69, 9.17) is 5.11 Å². The highest BCUT2D eigenvalue weighted by Crippen LogP contribution is 2.34. The predicted octanol–water partition coefficient (Wildman–Crippen LogP) is 3.35. The van der Waals surface area contributed by atoms with Crippen molar-refractivity contribution >= 4 is 23.2 Å². The Morgan fingerprint density at radius 1 is 1.23 bits per heavy atom. The van der Waals surface area contributed by atoms with Crippen molar-refractivity contribution in [2.24, 2.45) is 0 Å². The maximum atomic E-state index is 12.6. The maximum absolute atomic E-state index is 12.6. The topological polar surface area (TPSA) is 57.6 Å². The molecule has 2 heterocycles. The highest BCUT2D eigenvalue weighted by molar-refractivity contribution is 7.10. The van der Waals surface area contributed by atoms with Gasteiger partial charge in [-0.1, -0.05) is 18.2 Å². The molecule has 114 valence electrons. The number of benzene rings is 1. The molecule has 1 unspecified atom stereocenters. The van der Waals surface area contributed by atoms with Gasteiger partial charge >= 0.3 is 5.97 Å². The van der Waals surface area contributed by atoms with Crippen LogP contribution >= 0.6 is 11.3 Å². The third-order valence-electron chi connectivity index (χ3n) is 4.00. The van der Waals surface area contributed by atoms with E-state index in [0.717, 1.165) is 24.9 Å². The number of thiophene rings is 1. The van der Waals surface area contributed by atoms with E-state index < -0.39 is 5.97 Å². The van der Waals surface area contributed by atoms with E-state index in [0.29, 0.717) is 6.42 Å². The molecule has 22 heavy (non-hydrogen) atoms. The van der Waals surface area contributed by atoms with Crippen LogP contribution in [0.2, 0.25) is 0 Å². The van der Waals surface area contributed by atoms with Gasteiger partial charge in [0.05, 0.1) is 18.0 Å². The number of aromatic carboxylic acids is 1. The molecule has 1 saturated heterocycles. The summed E-state index contributed by atoms with van der Waals surface area (Å²) < 4.78 is 0. The largest absolute Gasteiger partial charge is 0.478 e. The van der Waals surface area contributed by atoms with Gasteiger partial charge in [-0.2, -0.15) is 0 Å². The molecule has 0 radical (unpaired) electrons. The number of hydrogen-bond acceptors (Lipinski definition) is 3. The highest BCUT2D eigenvalue weighted by Gasteiger charge is 2.30. The molecule has 0 bridgehead atoms. The molecule has 0 aliphatic carbocycles. The van der Waals surface area contributed by atoms with Gasteiger partial charge in [0.1, 0.15) is 0 Å². The standard InChI is InChI=1S/C17H17NO3S/c19-16(11-12-5-7-13(8-6-12)17(20)21)18-9-1-3-14(18)15-4-2-10-22-15/h2,4-8,10,14H,1,3,9,11H2,(H,20,21). The summed E-state index contributed by atoms with van der Waals surface area (Å²) in [5, 5.41) is 10.9. The van der Waals surface area contributed by atoms with E-state index >= 15 is 0 Å². The van der Waals surface area contributed by atoms with E-state index in [1.807, 2.05) is 16.3 Å². The number of hydrogen-bond donors (Lipinski definition) is 1. The zero-order valence-electron chi connectivity index (χ0n) is 12.1. The molecule has 1 fully saturated rings. The molecule has 1 aromatic heterocycles. The zero-order valence-corrected chi connectivity index (χ0v) is 12.9. The van der Waals surface area contributed by atoms with Gasteiger partial charge in [0.15, 0.2) is 0 Å². The smallest absolute Gasteiger partial charge is 0.335 e. The Kier molecular flexibility index (Phi) is 4.24. The van der Waals surface area contributed by atoms with Crippen LogP contribution < -0.4 is 0 Å². The molecule has 2 aromatic rings. The number of rotatable bonds is 4. The third-order valence-corrected chi connectivity index (χ3v) is 4.97. The van der Waals surface area contributed by atoms with Crippen LogP contribution in [-0.2, 0) is 11.2 Å². The Bertz CT molecular complexity index is 664. The van der Waals surface area contributed by atoms with Gasteiger partial charge in [-0.05, 0) is 42.0 Å². The average Bonchev–Trinajstić information content (AvgIpc) is 3.18. The monoisotopic (exact) mass is 315 g/mol. The van der Waals surface area contributed by atoms with Crippen LogP contribution in [-0.4, -0.2) is 28.4 Å². The molecule has 0 spiro atoms. The number of likely N-dealkylation sites (tertiary alicyclic amines) is 1. The second kappa shape index (κ2) is 6.32. The lowest BCUT2D eigenvalue weighted by atomic mass is 10.1. The first-order chi connectivity index (χ1) is 10.6. The number of nitrogens with zero attached hydrogens (tertiary/aromatic N) is 1. The Morgan fingerprint density at radius 3 is 2.64 bits per heavy atom. The van der Waals surface area contributed by atoms with Crippen LogP contribution in [0.3, 0.4) is 0 Å². The molecule has 1 aromatic carbocycles. The van der Waals surface area contributed by atoms with Crippen LogP contribution in [0.25, 0.3) is 0 Å². The van der Waals surface area contributed by atoms with Crippen LogP contribution in [0.4, 0.5) is 0 Å². The van der Waals surface area contributed by atoms with Crippen molar-refractivity contribution in [1.29, 1.82) is 0 Å². The molecular formula is C17H17NO3S. The van der Waals surface area contributed by atoms with E-state index in [1.54, 1.807) is 35.6 Å². The van der Waals surface area contributed by atoms with Crippen LogP contribution in [0.15, 0.2) is 41.8 Å². The minimum atomic E-state index is -0.949. The minimum absolute atomic E-state index is 0.110. The van der Waals surface area contributed by atoms with Crippen LogP contribution in [0.1, 0.15) is 39.7 Å². The molecule has 3 rings (SSSR count). The predicted molar refractivity (Wildman–Crippen MR) is 85.1 cm³/mol. The van der Waals surface area contributed by atoms with E-state index in [1.165, 1.54) is 4.88 Å². The van der Waals surface area contributed by atoms with Crippen molar-refractivity contribution in [2.75, 3.05) is 6.54 Å². The first-order valence-electron chi connectivity index (χ1n) is 7.30. The summed E-state index contributed by atoms with van der Waals surface area (Å²) in [7, 11) is 0. The molecule has 1 aliphatic heterocycles. The van der Waals surface area contributed by atoms with Crippen LogP contribution in [0.5, 0.6) is 0 Å². The summed E-state index contributed by atoms with van der Waals surface area (Å²) in [5.41, 5.74) is 1.10. The molecule has 1 atom stereocenters. The van der Waals surface area contributed by atoms with E-state index in [2.05, 4.69) is 6.07 Å². The molecule has 1 amide bonds. The lowest BCUT2D eigenvalue weighted by molar-refractivity contribution is -0.131. The summed E-state index contributed by atoms with van der Waals surface area (Å²) in [6.45, 7) is 0.800. The fraction of sp³-hybridized carbons (Fsp3) is 0.294. The number of carboxylic acids is 1. The number of carbonyl (C=O) groups excluding carboxylic acids is 1. The van der Waals surface area contributed by atoms with Crippen LogP contribution in [0, 0.1) is 0 Å². The highest BCUT2D eigenvalue weighted by atomic mass is 32.1. The lowest BCUT2D eigenvalue weighted by Gasteiger charge is -2.24. The maximum Gasteiger partial charge on any atom is 0.335 e. The normalized spacial score (nSPS) is 17.6. The number of carboxylic acid groups (broad SMARTS) is 1. The van der Waals surface area contributed by atoms with Crippen molar-refractivity contribution in [1.82, 2.24) is 4.90 Å². The summed E-state index contributed by atoms with van der Waals surface area (Å²) in [6, 6.07) is 10.8. The number of carbonyl (C=O) groups is 2. The summed E-state index contributed by atoms with van der Waals surface area (Å²) in [6.07, 6.45) is 2.37. The van der Waals surface area contributed by atoms with Crippen molar-refractivity contribution in [3.05, 3.63) is 57.8 Å². The van der Waals surface area contributed by atoms with Crippen molar-refractivity contribution in [3.8, 4) is 0 Å². The van der Waals surface area contributed by atoms with E-state index in [9.17, 15) is 9.59 Å². The molecule has 0 saturated carbocycles. The Morgan fingerprint density at radius 2 is 2.00 bits per heavy atom.